The van der Waals surface area contributed by atoms with E-state index >= 15 is 0 Å². The molecule has 0 radical (unpaired) electrons. The summed E-state index contributed by atoms with van der Waals surface area (Å²) in [4.78, 5) is 15.6. The van der Waals surface area contributed by atoms with Crippen molar-refractivity contribution in [2.24, 2.45) is 0 Å². The molecule has 0 bridgehead atoms. The van der Waals surface area contributed by atoms with E-state index in [1.807, 2.05) is 48.5 Å². The van der Waals surface area contributed by atoms with E-state index in [-0.39, 0.29) is 5.78 Å². The van der Waals surface area contributed by atoms with Gasteiger partial charge in [-0.25, -0.2) is 0 Å². The molecule has 0 saturated carbocycles. The number of methoxy groups -OCH3 is 1. The van der Waals surface area contributed by atoms with Crippen molar-refractivity contribution in [3.8, 4) is 10.8 Å². The van der Waals surface area contributed by atoms with Gasteiger partial charge in [0.15, 0.2) is 10.8 Å². The summed E-state index contributed by atoms with van der Waals surface area (Å²) < 4.78 is 12.4. The maximum atomic E-state index is 13.1. The number of nitrogens with zero attached hydrogens (tertiary/aromatic N) is 1. The molecule has 28 heavy (non-hydrogen) atoms. The predicted molar refractivity (Wildman–Crippen MR) is 114 cm³/mol. The van der Waals surface area contributed by atoms with Crippen molar-refractivity contribution in [2.45, 2.75) is 19.3 Å². The van der Waals surface area contributed by atoms with Crippen LogP contribution in [-0.4, -0.2) is 44.0 Å². The quantitative estimate of drug-likeness (QED) is 0.528. The van der Waals surface area contributed by atoms with E-state index in [0.29, 0.717) is 22.8 Å². The molecular formula is C23H25NO3S. The van der Waals surface area contributed by atoms with Crippen molar-refractivity contribution in [1.29, 1.82) is 0 Å². The van der Waals surface area contributed by atoms with E-state index in [1.54, 1.807) is 7.11 Å². The standard InChI is InChI=1S/C23H25NO3S/c1-26-23-21(19-7-3-4-8-20(19)28-23)22(25)17-9-11-18(12-10-17)27-16-15-24-13-5-2-6-14-24/h3-4,7-12H,2,5-6,13-16H2,1H3. The second kappa shape index (κ2) is 8.76. The van der Waals surface area contributed by atoms with Gasteiger partial charge in [-0.3, -0.25) is 9.69 Å². The third-order valence-electron chi connectivity index (χ3n) is 5.22. The Hall–Kier alpha value is -2.37. The van der Waals surface area contributed by atoms with Crippen molar-refractivity contribution in [3.63, 3.8) is 0 Å². The lowest BCUT2D eigenvalue weighted by molar-refractivity contribution is 0.103. The van der Waals surface area contributed by atoms with Crippen LogP contribution in [0.5, 0.6) is 10.8 Å². The van der Waals surface area contributed by atoms with Gasteiger partial charge in [0.1, 0.15) is 12.4 Å². The molecule has 0 aliphatic carbocycles. The van der Waals surface area contributed by atoms with Crippen molar-refractivity contribution in [3.05, 3.63) is 59.7 Å². The zero-order chi connectivity index (χ0) is 19.3. The number of benzene rings is 2. The van der Waals surface area contributed by atoms with Crippen LogP contribution in [0.4, 0.5) is 0 Å². The van der Waals surface area contributed by atoms with Gasteiger partial charge in [0.2, 0.25) is 0 Å². The van der Waals surface area contributed by atoms with Crippen LogP contribution in [0.1, 0.15) is 35.2 Å². The van der Waals surface area contributed by atoms with Crippen molar-refractivity contribution in [1.82, 2.24) is 4.90 Å². The van der Waals surface area contributed by atoms with Gasteiger partial charge in [-0.1, -0.05) is 36.0 Å². The fourth-order valence-corrected chi connectivity index (χ4v) is 4.72. The lowest BCUT2D eigenvalue weighted by Gasteiger charge is -2.26. The van der Waals surface area contributed by atoms with Crippen LogP contribution in [0.15, 0.2) is 48.5 Å². The molecule has 4 rings (SSSR count). The molecule has 0 N–H and O–H groups in total. The van der Waals surface area contributed by atoms with Gasteiger partial charge in [0.25, 0.3) is 0 Å². The Morgan fingerprint density at radius 3 is 2.54 bits per heavy atom. The molecule has 0 atom stereocenters. The number of thiophene rings is 1. The monoisotopic (exact) mass is 395 g/mol. The highest BCUT2D eigenvalue weighted by molar-refractivity contribution is 7.21. The van der Waals surface area contributed by atoms with Gasteiger partial charge in [0, 0.05) is 22.2 Å². The molecule has 5 heteroatoms. The molecule has 0 spiro atoms. The summed E-state index contributed by atoms with van der Waals surface area (Å²) in [5, 5.41) is 1.60. The van der Waals surface area contributed by atoms with Gasteiger partial charge >= 0.3 is 0 Å². The molecule has 1 aliphatic rings. The number of ketones is 1. The Morgan fingerprint density at radius 1 is 1.04 bits per heavy atom. The summed E-state index contributed by atoms with van der Waals surface area (Å²) in [6, 6.07) is 15.3. The van der Waals surface area contributed by atoms with E-state index in [9.17, 15) is 4.79 Å². The van der Waals surface area contributed by atoms with Gasteiger partial charge in [-0.2, -0.15) is 0 Å². The Labute approximate surface area is 169 Å². The Kier molecular flexibility index (Phi) is 5.93. The smallest absolute Gasteiger partial charge is 0.198 e. The number of rotatable bonds is 7. The number of hydrogen-bond acceptors (Lipinski definition) is 5. The summed E-state index contributed by atoms with van der Waals surface area (Å²) >= 11 is 1.50. The highest BCUT2D eigenvalue weighted by atomic mass is 32.1. The maximum absolute atomic E-state index is 13.1. The van der Waals surface area contributed by atoms with Crippen LogP contribution in [0.3, 0.4) is 0 Å². The molecule has 1 saturated heterocycles. The van der Waals surface area contributed by atoms with Crippen LogP contribution in [0.25, 0.3) is 10.1 Å². The van der Waals surface area contributed by atoms with Crippen LogP contribution < -0.4 is 9.47 Å². The second-order valence-corrected chi connectivity index (χ2v) is 8.08. The largest absolute Gasteiger partial charge is 0.492 e. The molecule has 0 amide bonds. The molecule has 1 aromatic heterocycles. The van der Waals surface area contributed by atoms with Crippen LogP contribution in [0.2, 0.25) is 0 Å². The number of carbonyl (C=O) groups is 1. The van der Waals surface area contributed by atoms with E-state index < -0.39 is 0 Å². The van der Waals surface area contributed by atoms with Crippen LogP contribution in [0, 0.1) is 0 Å². The summed E-state index contributed by atoms with van der Waals surface area (Å²) in [6.07, 6.45) is 3.92. The first-order valence-electron chi connectivity index (χ1n) is 9.81. The average molecular weight is 396 g/mol. The molecule has 2 aromatic carbocycles. The first-order valence-corrected chi connectivity index (χ1v) is 10.6. The number of piperidine rings is 1. The minimum atomic E-state index is -0.0193. The van der Waals surface area contributed by atoms with Gasteiger partial charge in [-0.15, -0.1) is 0 Å². The molecule has 0 unspecified atom stereocenters. The first-order chi connectivity index (χ1) is 13.8. The Balaban J connectivity index is 1.44. The van der Waals surface area contributed by atoms with E-state index in [0.717, 1.165) is 22.4 Å². The first kappa shape index (κ1) is 19.0. The Bertz CT molecular complexity index is 942. The van der Waals surface area contributed by atoms with E-state index in [1.165, 1.54) is 43.7 Å². The predicted octanol–water partition coefficient (Wildman–Crippen LogP) is 5.01. The lowest BCUT2D eigenvalue weighted by Crippen LogP contribution is -2.33. The zero-order valence-electron chi connectivity index (χ0n) is 16.1. The molecule has 3 aromatic rings. The minimum absolute atomic E-state index is 0.0193. The maximum Gasteiger partial charge on any atom is 0.198 e. The third-order valence-corrected chi connectivity index (χ3v) is 6.35. The van der Waals surface area contributed by atoms with Crippen LogP contribution in [-0.2, 0) is 0 Å². The fraction of sp³-hybridized carbons (Fsp3) is 0.348. The summed E-state index contributed by atoms with van der Waals surface area (Å²) in [5.41, 5.74) is 1.28. The van der Waals surface area contributed by atoms with Crippen LogP contribution >= 0.6 is 11.3 Å². The molecule has 146 valence electrons. The zero-order valence-corrected chi connectivity index (χ0v) is 17.0. The highest BCUT2D eigenvalue weighted by Crippen LogP contribution is 2.38. The molecular weight excluding hydrogens is 370 g/mol. The van der Waals surface area contributed by atoms with Gasteiger partial charge in [0.05, 0.1) is 12.7 Å². The van der Waals surface area contributed by atoms with Gasteiger partial charge < -0.3 is 9.47 Å². The third kappa shape index (κ3) is 4.05. The Morgan fingerprint density at radius 2 is 1.79 bits per heavy atom. The SMILES string of the molecule is COc1sc2ccccc2c1C(=O)c1ccc(OCCN2CCCCC2)cc1. The second-order valence-electron chi connectivity index (χ2n) is 7.07. The number of carbonyl (C=O) groups excluding carboxylic acids is 1. The number of ether oxygens (including phenoxy) is 2. The molecule has 1 fully saturated rings. The lowest BCUT2D eigenvalue weighted by atomic mass is 10.0. The number of fused-ring (bicyclic) bond motifs is 1. The van der Waals surface area contributed by atoms with E-state index in [4.69, 9.17) is 9.47 Å². The summed E-state index contributed by atoms with van der Waals surface area (Å²) in [6.45, 7) is 3.98. The minimum Gasteiger partial charge on any atom is -0.492 e. The normalized spacial score (nSPS) is 14.9. The summed E-state index contributed by atoms with van der Waals surface area (Å²) in [7, 11) is 1.61. The average Bonchev–Trinajstić information content (AvgIpc) is 3.13. The van der Waals surface area contributed by atoms with E-state index in [2.05, 4.69) is 4.90 Å². The number of likely N-dealkylation sites (tertiary alicyclic amines) is 1. The fourth-order valence-electron chi connectivity index (χ4n) is 3.70. The molecule has 1 aliphatic heterocycles. The van der Waals surface area contributed by atoms with Crippen molar-refractivity contribution in [2.75, 3.05) is 33.4 Å². The molecule has 2 heterocycles. The topological polar surface area (TPSA) is 38.8 Å². The number of hydrogen-bond donors (Lipinski definition) is 0. The molecule has 4 nitrogen and oxygen atoms in total. The van der Waals surface area contributed by atoms with Gasteiger partial charge in [-0.05, 0) is 56.3 Å². The highest BCUT2D eigenvalue weighted by Gasteiger charge is 2.21. The van der Waals surface area contributed by atoms with Crippen molar-refractivity contribution < 1.29 is 14.3 Å². The van der Waals surface area contributed by atoms with Crippen molar-refractivity contribution >= 4 is 27.2 Å². The summed E-state index contributed by atoms with van der Waals surface area (Å²) in [5.74, 6) is 0.782.